The molecule has 2 amide bonds. The van der Waals surface area contributed by atoms with E-state index >= 15 is 0 Å². The van der Waals surface area contributed by atoms with Gasteiger partial charge in [-0.25, -0.2) is 18.2 Å². The predicted octanol–water partition coefficient (Wildman–Crippen LogP) is 4.22. The highest BCUT2D eigenvalue weighted by molar-refractivity contribution is 7.15. The van der Waals surface area contributed by atoms with Gasteiger partial charge in [0.25, 0.3) is 0 Å². The number of hydrogen-bond donors (Lipinski definition) is 2. The molecule has 0 saturated heterocycles. The molecule has 29 heavy (non-hydrogen) atoms. The van der Waals surface area contributed by atoms with Crippen molar-refractivity contribution in [1.29, 1.82) is 0 Å². The first-order valence-electron chi connectivity index (χ1n) is 8.68. The Bertz CT molecular complexity index is 1120. The zero-order valence-corrected chi connectivity index (χ0v) is 15.7. The lowest BCUT2D eigenvalue weighted by atomic mass is 9.90. The van der Waals surface area contributed by atoms with Crippen LogP contribution < -0.4 is 10.6 Å². The summed E-state index contributed by atoms with van der Waals surface area (Å²) in [6.45, 7) is 0. The SMILES string of the molecule is O=C1CC(C(=O)Nc2ncc(Cc3ccc(F)c(F)c3)s2)c2ccc(F)cc2N1. The Balaban J connectivity index is 1.48. The Kier molecular flexibility index (Phi) is 5.06. The van der Waals surface area contributed by atoms with Crippen molar-refractivity contribution in [1.82, 2.24) is 4.98 Å². The third-order valence-electron chi connectivity index (χ3n) is 4.52. The Morgan fingerprint density at radius 2 is 2.00 bits per heavy atom. The van der Waals surface area contributed by atoms with Crippen LogP contribution in [0.3, 0.4) is 0 Å². The zero-order chi connectivity index (χ0) is 20.5. The van der Waals surface area contributed by atoms with Gasteiger partial charge in [-0.2, -0.15) is 0 Å². The van der Waals surface area contributed by atoms with Gasteiger partial charge < -0.3 is 10.6 Å². The highest BCUT2D eigenvalue weighted by Crippen LogP contribution is 2.34. The summed E-state index contributed by atoms with van der Waals surface area (Å²) in [4.78, 5) is 29.5. The molecule has 0 fully saturated rings. The molecule has 3 aromatic rings. The fourth-order valence-electron chi connectivity index (χ4n) is 3.16. The van der Waals surface area contributed by atoms with Crippen molar-refractivity contribution in [2.75, 3.05) is 10.6 Å². The quantitative estimate of drug-likeness (QED) is 0.668. The number of nitrogens with one attached hydrogen (secondary N) is 2. The Morgan fingerprint density at radius 1 is 1.17 bits per heavy atom. The van der Waals surface area contributed by atoms with Gasteiger partial charge in [-0.05, 0) is 35.4 Å². The van der Waals surface area contributed by atoms with Gasteiger partial charge in [0.15, 0.2) is 16.8 Å². The van der Waals surface area contributed by atoms with Gasteiger partial charge in [0.05, 0.1) is 5.92 Å². The van der Waals surface area contributed by atoms with E-state index in [1.165, 1.54) is 35.6 Å². The van der Waals surface area contributed by atoms with E-state index in [4.69, 9.17) is 0 Å². The number of fused-ring (bicyclic) bond motifs is 1. The first-order valence-corrected chi connectivity index (χ1v) is 9.49. The molecule has 0 aliphatic carbocycles. The van der Waals surface area contributed by atoms with Crippen LogP contribution >= 0.6 is 11.3 Å². The van der Waals surface area contributed by atoms with Gasteiger partial charge in [-0.3, -0.25) is 9.59 Å². The number of carbonyl (C=O) groups is 2. The minimum atomic E-state index is -0.925. The third kappa shape index (κ3) is 4.14. The summed E-state index contributed by atoms with van der Waals surface area (Å²) >= 11 is 1.19. The van der Waals surface area contributed by atoms with E-state index in [2.05, 4.69) is 15.6 Å². The maximum absolute atomic E-state index is 13.4. The molecular weight excluding hydrogens is 403 g/mol. The molecule has 2 aromatic carbocycles. The standard InChI is InChI=1S/C20H14F3N3O2S/c21-11-2-3-13-14(8-18(27)25-17(13)7-11)19(28)26-20-24-9-12(29-20)5-10-1-4-15(22)16(23)6-10/h1-4,6-7,9,14H,5,8H2,(H,25,27)(H,24,26,28). The van der Waals surface area contributed by atoms with Crippen molar-refractivity contribution in [3.63, 3.8) is 0 Å². The molecular formula is C20H14F3N3O2S. The first kappa shape index (κ1) is 19.1. The van der Waals surface area contributed by atoms with E-state index in [1.54, 1.807) is 6.20 Å². The lowest BCUT2D eigenvalue weighted by Gasteiger charge is -2.24. The average Bonchev–Trinajstić information content (AvgIpc) is 3.10. The first-order chi connectivity index (χ1) is 13.9. The molecule has 148 valence electrons. The van der Waals surface area contributed by atoms with E-state index in [0.717, 1.165) is 17.0 Å². The van der Waals surface area contributed by atoms with Crippen molar-refractivity contribution < 1.29 is 22.8 Å². The van der Waals surface area contributed by atoms with Crippen molar-refractivity contribution in [3.8, 4) is 0 Å². The number of rotatable bonds is 4. The number of amides is 2. The van der Waals surface area contributed by atoms with E-state index < -0.39 is 29.3 Å². The van der Waals surface area contributed by atoms with Crippen molar-refractivity contribution in [2.45, 2.75) is 18.8 Å². The molecule has 0 saturated carbocycles. The van der Waals surface area contributed by atoms with Crippen LogP contribution in [0, 0.1) is 17.5 Å². The highest BCUT2D eigenvalue weighted by atomic mass is 32.1. The van der Waals surface area contributed by atoms with Gasteiger partial charge in [0.2, 0.25) is 11.8 Å². The Morgan fingerprint density at radius 3 is 2.79 bits per heavy atom. The fourth-order valence-corrected chi connectivity index (χ4v) is 4.01. The normalized spacial score (nSPS) is 15.6. The largest absolute Gasteiger partial charge is 0.326 e. The maximum Gasteiger partial charge on any atom is 0.234 e. The van der Waals surface area contributed by atoms with Gasteiger partial charge in [0.1, 0.15) is 5.82 Å². The number of carbonyl (C=O) groups excluding carboxylic acids is 2. The Labute approximate surface area is 167 Å². The summed E-state index contributed by atoms with van der Waals surface area (Å²) in [5.41, 5.74) is 1.38. The van der Waals surface area contributed by atoms with Crippen molar-refractivity contribution >= 4 is 34.0 Å². The minimum absolute atomic E-state index is 0.0580. The smallest absolute Gasteiger partial charge is 0.234 e. The molecule has 1 atom stereocenters. The van der Waals surface area contributed by atoms with Crippen LogP contribution in [0.15, 0.2) is 42.6 Å². The van der Waals surface area contributed by atoms with Gasteiger partial charge in [0, 0.05) is 29.6 Å². The highest BCUT2D eigenvalue weighted by Gasteiger charge is 2.31. The Hall–Kier alpha value is -3.20. The van der Waals surface area contributed by atoms with Crippen LogP contribution in [0.5, 0.6) is 0 Å². The molecule has 4 rings (SSSR count). The molecule has 0 radical (unpaired) electrons. The van der Waals surface area contributed by atoms with E-state index in [1.807, 2.05) is 0 Å². The predicted molar refractivity (Wildman–Crippen MR) is 102 cm³/mol. The molecule has 2 N–H and O–H groups in total. The molecule has 9 heteroatoms. The summed E-state index contributed by atoms with van der Waals surface area (Å²) < 4.78 is 39.8. The van der Waals surface area contributed by atoms with Gasteiger partial charge in [-0.1, -0.05) is 12.1 Å². The lowest BCUT2D eigenvalue weighted by Crippen LogP contribution is -2.30. The fraction of sp³-hybridized carbons (Fsp3) is 0.150. The number of anilines is 2. The topological polar surface area (TPSA) is 71.1 Å². The number of thiazole rings is 1. The van der Waals surface area contributed by atoms with E-state index in [0.29, 0.717) is 22.7 Å². The minimum Gasteiger partial charge on any atom is -0.326 e. The monoisotopic (exact) mass is 417 g/mol. The van der Waals surface area contributed by atoms with Crippen LogP contribution in [0.25, 0.3) is 0 Å². The van der Waals surface area contributed by atoms with Crippen LogP contribution in [0.1, 0.15) is 28.3 Å². The summed E-state index contributed by atoms with van der Waals surface area (Å²) in [5, 5.41) is 5.56. The number of benzene rings is 2. The van der Waals surface area contributed by atoms with Crippen LogP contribution in [-0.2, 0) is 16.0 Å². The summed E-state index contributed by atoms with van der Waals surface area (Å²) in [7, 11) is 0. The number of hydrogen-bond acceptors (Lipinski definition) is 4. The molecule has 2 heterocycles. The lowest BCUT2D eigenvalue weighted by molar-refractivity contribution is -0.123. The van der Waals surface area contributed by atoms with E-state index in [9.17, 15) is 22.8 Å². The second-order valence-corrected chi connectivity index (χ2v) is 7.70. The van der Waals surface area contributed by atoms with Crippen LogP contribution in [0.4, 0.5) is 24.0 Å². The second kappa shape index (κ2) is 7.67. The second-order valence-electron chi connectivity index (χ2n) is 6.58. The molecule has 1 aromatic heterocycles. The van der Waals surface area contributed by atoms with Crippen LogP contribution in [-0.4, -0.2) is 16.8 Å². The molecule has 5 nitrogen and oxygen atoms in total. The van der Waals surface area contributed by atoms with Crippen LogP contribution in [0.2, 0.25) is 0 Å². The van der Waals surface area contributed by atoms with Crippen molar-refractivity contribution in [2.24, 2.45) is 0 Å². The molecule has 1 aliphatic heterocycles. The maximum atomic E-state index is 13.4. The molecule has 0 bridgehead atoms. The summed E-state index contributed by atoms with van der Waals surface area (Å²) in [6, 6.07) is 7.54. The zero-order valence-electron chi connectivity index (χ0n) is 14.8. The van der Waals surface area contributed by atoms with Crippen molar-refractivity contribution in [3.05, 3.63) is 76.1 Å². The van der Waals surface area contributed by atoms with Gasteiger partial charge in [-0.15, -0.1) is 11.3 Å². The molecule has 0 spiro atoms. The number of aromatic nitrogens is 1. The molecule has 1 aliphatic rings. The summed E-state index contributed by atoms with van der Waals surface area (Å²) in [6.07, 6.45) is 1.81. The third-order valence-corrected chi connectivity index (χ3v) is 5.43. The average molecular weight is 417 g/mol. The number of halogens is 3. The number of nitrogens with zero attached hydrogens (tertiary/aromatic N) is 1. The van der Waals surface area contributed by atoms with Gasteiger partial charge >= 0.3 is 0 Å². The molecule has 1 unspecified atom stereocenters. The van der Waals surface area contributed by atoms with E-state index in [-0.39, 0.29) is 18.0 Å². The summed E-state index contributed by atoms with van der Waals surface area (Å²) in [5.74, 6) is -3.92.